The van der Waals surface area contributed by atoms with Crippen LogP contribution in [-0.2, 0) is 24.2 Å². The fourth-order valence-corrected chi connectivity index (χ4v) is 3.53. The van der Waals surface area contributed by atoms with Gasteiger partial charge in [-0.25, -0.2) is 9.67 Å². The zero-order chi connectivity index (χ0) is 17.8. The minimum atomic E-state index is -0.128. The molecule has 5 nitrogen and oxygen atoms in total. The quantitative estimate of drug-likeness (QED) is 0.671. The van der Waals surface area contributed by atoms with Crippen molar-refractivity contribution in [3.63, 3.8) is 0 Å². The van der Waals surface area contributed by atoms with Crippen molar-refractivity contribution in [1.29, 1.82) is 0 Å². The Hall–Kier alpha value is -1.89. The van der Waals surface area contributed by atoms with Gasteiger partial charge < -0.3 is 5.32 Å². The molecule has 3 aromatic rings. The van der Waals surface area contributed by atoms with Crippen molar-refractivity contribution >= 4 is 46.3 Å². The second-order valence-corrected chi connectivity index (χ2v) is 7.21. The first-order valence-corrected chi connectivity index (χ1v) is 9.37. The van der Waals surface area contributed by atoms with Crippen molar-refractivity contribution < 1.29 is 4.79 Å². The lowest BCUT2D eigenvalue weighted by molar-refractivity contribution is -0.115. The molecule has 0 aliphatic rings. The van der Waals surface area contributed by atoms with E-state index >= 15 is 0 Å². The van der Waals surface area contributed by atoms with Crippen LogP contribution < -0.4 is 5.32 Å². The number of carbonyl (C=O) groups is 1. The number of rotatable bonds is 6. The number of nitrogens with zero attached hydrogens (tertiary/aromatic N) is 3. The lowest BCUT2D eigenvalue weighted by Gasteiger charge is -2.10. The molecule has 8 heteroatoms. The van der Waals surface area contributed by atoms with Gasteiger partial charge in [0.1, 0.15) is 5.82 Å². The minimum absolute atomic E-state index is 0.128. The van der Waals surface area contributed by atoms with Crippen LogP contribution in [0.1, 0.15) is 23.2 Å². The Morgan fingerprint density at radius 3 is 2.88 bits per heavy atom. The SMILES string of the molecule is CCc1nc(CC(=O)Nc2ccnn2Cc2ccc(Cl)cc2Cl)cs1. The lowest BCUT2D eigenvalue weighted by atomic mass is 10.2. The summed E-state index contributed by atoms with van der Waals surface area (Å²) < 4.78 is 1.69. The van der Waals surface area contributed by atoms with E-state index < -0.39 is 0 Å². The molecule has 0 bridgehead atoms. The van der Waals surface area contributed by atoms with Crippen LogP contribution in [-0.4, -0.2) is 20.7 Å². The van der Waals surface area contributed by atoms with Gasteiger partial charge in [0.25, 0.3) is 0 Å². The van der Waals surface area contributed by atoms with Crippen LogP contribution in [0.15, 0.2) is 35.8 Å². The van der Waals surface area contributed by atoms with Crippen LogP contribution in [0.25, 0.3) is 0 Å². The van der Waals surface area contributed by atoms with Crippen LogP contribution in [0.2, 0.25) is 10.0 Å². The molecule has 0 spiro atoms. The van der Waals surface area contributed by atoms with Crippen LogP contribution in [0.3, 0.4) is 0 Å². The van der Waals surface area contributed by atoms with Crippen LogP contribution >= 0.6 is 34.5 Å². The van der Waals surface area contributed by atoms with E-state index in [9.17, 15) is 4.79 Å². The normalized spacial score (nSPS) is 10.8. The molecule has 0 unspecified atom stereocenters. The Morgan fingerprint density at radius 1 is 1.32 bits per heavy atom. The van der Waals surface area contributed by atoms with Gasteiger partial charge >= 0.3 is 0 Å². The van der Waals surface area contributed by atoms with Crippen LogP contribution in [0.5, 0.6) is 0 Å². The molecule has 0 aliphatic heterocycles. The highest BCUT2D eigenvalue weighted by atomic mass is 35.5. The molecule has 0 saturated carbocycles. The van der Waals surface area contributed by atoms with E-state index in [0.717, 1.165) is 22.7 Å². The predicted molar refractivity (Wildman–Crippen MR) is 102 cm³/mol. The second-order valence-electron chi connectivity index (χ2n) is 5.42. The van der Waals surface area contributed by atoms with E-state index in [0.29, 0.717) is 22.4 Å². The third kappa shape index (κ3) is 4.60. The fraction of sp³-hybridized carbons (Fsp3) is 0.235. The van der Waals surface area contributed by atoms with Gasteiger partial charge in [0.2, 0.25) is 5.91 Å². The van der Waals surface area contributed by atoms with Crippen LogP contribution in [0, 0.1) is 0 Å². The standard InChI is InChI=1S/C17H16Cl2N4OS/c1-2-17-21-13(10-25-17)8-16(24)22-15-5-6-20-23(15)9-11-3-4-12(18)7-14(11)19/h3-7,10H,2,8-9H2,1H3,(H,22,24). The van der Waals surface area contributed by atoms with Crippen molar-refractivity contribution in [3.8, 4) is 0 Å². The van der Waals surface area contributed by atoms with Gasteiger partial charge in [0.05, 0.1) is 29.9 Å². The minimum Gasteiger partial charge on any atom is -0.311 e. The number of halogens is 2. The smallest absolute Gasteiger partial charge is 0.231 e. The van der Waals surface area contributed by atoms with Gasteiger partial charge in [0, 0.05) is 21.5 Å². The maximum absolute atomic E-state index is 12.3. The molecule has 130 valence electrons. The number of benzene rings is 1. The van der Waals surface area contributed by atoms with E-state index in [2.05, 4.69) is 15.4 Å². The van der Waals surface area contributed by atoms with Gasteiger partial charge in [-0.2, -0.15) is 5.10 Å². The molecule has 1 amide bonds. The summed E-state index contributed by atoms with van der Waals surface area (Å²) in [6.07, 6.45) is 2.75. The van der Waals surface area contributed by atoms with E-state index in [1.807, 2.05) is 18.4 Å². The van der Waals surface area contributed by atoms with Gasteiger partial charge in [-0.15, -0.1) is 11.3 Å². The molecular formula is C17H16Cl2N4OS. The number of anilines is 1. The summed E-state index contributed by atoms with van der Waals surface area (Å²) in [5.74, 6) is 0.485. The number of hydrogen-bond acceptors (Lipinski definition) is 4. The van der Waals surface area contributed by atoms with Crippen molar-refractivity contribution in [2.75, 3.05) is 5.32 Å². The molecule has 0 fully saturated rings. The first kappa shape index (κ1) is 17.9. The number of carbonyl (C=O) groups excluding carboxylic acids is 1. The number of aromatic nitrogens is 3. The third-order valence-corrected chi connectivity index (χ3v) is 5.19. The van der Waals surface area contributed by atoms with Gasteiger partial charge in [-0.1, -0.05) is 36.2 Å². The van der Waals surface area contributed by atoms with Gasteiger partial charge in [0.15, 0.2) is 0 Å². The Balaban J connectivity index is 1.67. The summed E-state index contributed by atoms with van der Waals surface area (Å²) >= 11 is 13.7. The summed E-state index contributed by atoms with van der Waals surface area (Å²) in [6, 6.07) is 7.06. The Labute approximate surface area is 159 Å². The number of nitrogens with one attached hydrogen (secondary N) is 1. The molecule has 1 N–H and O–H groups in total. The van der Waals surface area contributed by atoms with E-state index in [4.69, 9.17) is 23.2 Å². The predicted octanol–water partition coefficient (Wildman–Crippen LogP) is 4.44. The largest absolute Gasteiger partial charge is 0.311 e. The second kappa shape index (κ2) is 7.99. The molecule has 1 aromatic carbocycles. The topological polar surface area (TPSA) is 59.8 Å². The number of aryl methyl sites for hydroxylation is 1. The molecular weight excluding hydrogens is 379 g/mol. The van der Waals surface area contributed by atoms with Gasteiger partial charge in [-0.05, 0) is 24.1 Å². The highest BCUT2D eigenvalue weighted by molar-refractivity contribution is 7.09. The molecule has 0 saturated heterocycles. The van der Waals surface area contributed by atoms with Crippen molar-refractivity contribution in [3.05, 3.63) is 62.2 Å². The van der Waals surface area contributed by atoms with E-state index in [1.165, 1.54) is 0 Å². The Bertz CT molecular complexity index is 890. The maximum Gasteiger partial charge on any atom is 0.231 e. The van der Waals surface area contributed by atoms with E-state index in [1.54, 1.807) is 40.4 Å². The summed E-state index contributed by atoms with van der Waals surface area (Å²) in [6.45, 7) is 2.48. The summed E-state index contributed by atoms with van der Waals surface area (Å²) in [5.41, 5.74) is 1.66. The van der Waals surface area contributed by atoms with Crippen molar-refractivity contribution in [2.45, 2.75) is 26.3 Å². The highest BCUT2D eigenvalue weighted by Crippen LogP contribution is 2.22. The van der Waals surface area contributed by atoms with E-state index in [-0.39, 0.29) is 12.3 Å². The molecule has 0 radical (unpaired) electrons. The van der Waals surface area contributed by atoms with Crippen LogP contribution in [0.4, 0.5) is 5.82 Å². The van der Waals surface area contributed by atoms with Crippen molar-refractivity contribution in [1.82, 2.24) is 14.8 Å². The number of hydrogen-bond donors (Lipinski definition) is 1. The third-order valence-electron chi connectivity index (χ3n) is 3.56. The fourth-order valence-electron chi connectivity index (χ4n) is 2.32. The number of thiazole rings is 1. The average molecular weight is 395 g/mol. The summed E-state index contributed by atoms with van der Waals surface area (Å²) in [7, 11) is 0. The zero-order valence-corrected chi connectivity index (χ0v) is 15.8. The molecule has 3 rings (SSSR count). The maximum atomic E-state index is 12.3. The highest BCUT2D eigenvalue weighted by Gasteiger charge is 2.12. The zero-order valence-electron chi connectivity index (χ0n) is 13.5. The molecule has 25 heavy (non-hydrogen) atoms. The Kier molecular flexibility index (Phi) is 5.73. The average Bonchev–Trinajstić information content (AvgIpc) is 3.19. The first-order chi connectivity index (χ1) is 12.0. The lowest BCUT2D eigenvalue weighted by Crippen LogP contribution is -2.18. The molecule has 0 atom stereocenters. The monoisotopic (exact) mass is 394 g/mol. The first-order valence-electron chi connectivity index (χ1n) is 7.74. The number of amides is 1. The summed E-state index contributed by atoms with van der Waals surface area (Å²) in [5, 5.41) is 11.2. The molecule has 2 heterocycles. The molecule has 2 aromatic heterocycles. The van der Waals surface area contributed by atoms with Crippen molar-refractivity contribution in [2.24, 2.45) is 0 Å². The summed E-state index contributed by atoms with van der Waals surface area (Å²) in [4.78, 5) is 16.7. The van der Waals surface area contributed by atoms with Gasteiger partial charge in [-0.3, -0.25) is 4.79 Å². The molecule has 0 aliphatic carbocycles. The Morgan fingerprint density at radius 2 is 2.16 bits per heavy atom.